The van der Waals surface area contributed by atoms with Gasteiger partial charge in [0.15, 0.2) is 0 Å². The highest BCUT2D eigenvalue weighted by Gasteiger charge is 2.22. The van der Waals surface area contributed by atoms with E-state index in [1.54, 1.807) is 18.2 Å². The number of benzene rings is 2. The molecule has 0 aliphatic rings. The fraction of sp³-hybridized carbons (Fsp3) is 0.240. The average molecular weight is 498 g/mol. The number of carboxylic acids is 1. The molecule has 9 nitrogen and oxygen atoms in total. The Labute approximate surface area is 203 Å². The molecular formula is C25H27N3O6S. The fourth-order valence-electron chi connectivity index (χ4n) is 3.42. The monoisotopic (exact) mass is 497 g/mol. The number of sulfonamides is 1. The van der Waals surface area contributed by atoms with E-state index in [-0.39, 0.29) is 29.8 Å². The summed E-state index contributed by atoms with van der Waals surface area (Å²) in [5.74, 6) is -2.10. The second kappa shape index (κ2) is 11.6. The van der Waals surface area contributed by atoms with E-state index in [1.165, 1.54) is 18.2 Å². The van der Waals surface area contributed by atoms with Crippen molar-refractivity contribution in [1.29, 1.82) is 0 Å². The van der Waals surface area contributed by atoms with Gasteiger partial charge in [0.1, 0.15) is 11.6 Å². The number of H-pyrrole nitrogens is 1. The number of carbonyl (C=O) groups excluding carboxylic acids is 1. The van der Waals surface area contributed by atoms with Gasteiger partial charge >= 0.3 is 5.97 Å². The summed E-state index contributed by atoms with van der Waals surface area (Å²) in [5.41, 5.74) is 1.71. The van der Waals surface area contributed by atoms with Crippen LogP contribution in [-0.2, 0) is 21.2 Å². The maximum Gasteiger partial charge on any atom is 0.326 e. The van der Waals surface area contributed by atoms with Crippen LogP contribution in [-0.4, -0.2) is 43.0 Å². The third-order valence-corrected chi connectivity index (χ3v) is 6.83. The minimum atomic E-state index is -3.72. The molecule has 184 valence electrons. The van der Waals surface area contributed by atoms with Gasteiger partial charge in [-0.05, 0) is 49.6 Å². The van der Waals surface area contributed by atoms with Crippen molar-refractivity contribution in [2.45, 2.75) is 37.1 Å². The molecule has 1 amide bonds. The number of amides is 1. The molecule has 0 fully saturated rings. The lowest BCUT2D eigenvalue weighted by atomic mass is 10.1. The molecule has 3 rings (SSSR count). The molecule has 0 aliphatic heterocycles. The summed E-state index contributed by atoms with van der Waals surface area (Å²) in [4.78, 5) is 39.3. The summed E-state index contributed by atoms with van der Waals surface area (Å²) in [5, 5.41) is 11.8. The molecular weight excluding hydrogens is 470 g/mol. The van der Waals surface area contributed by atoms with E-state index in [2.05, 4.69) is 15.0 Å². The number of carboxylic acid groups (broad SMARTS) is 1. The van der Waals surface area contributed by atoms with Crippen LogP contribution >= 0.6 is 0 Å². The number of nitrogens with one attached hydrogen (secondary N) is 3. The molecule has 0 radical (unpaired) electrons. The van der Waals surface area contributed by atoms with Crippen LogP contribution in [0.25, 0.3) is 0 Å². The second-order valence-corrected chi connectivity index (χ2v) is 9.87. The van der Waals surface area contributed by atoms with Gasteiger partial charge in [0.25, 0.3) is 11.5 Å². The minimum Gasteiger partial charge on any atom is -0.480 e. The van der Waals surface area contributed by atoms with Gasteiger partial charge in [-0.3, -0.25) is 9.59 Å². The molecule has 0 saturated heterocycles. The van der Waals surface area contributed by atoms with Crippen molar-refractivity contribution in [3.8, 4) is 0 Å². The molecule has 2 aromatic carbocycles. The molecule has 35 heavy (non-hydrogen) atoms. The number of aliphatic carboxylic acids is 1. The van der Waals surface area contributed by atoms with E-state index >= 15 is 0 Å². The van der Waals surface area contributed by atoms with Gasteiger partial charge in [-0.15, -0.1) is 0 Å². The van der Waals surface area contributed by atoms with Crippen molar-refractivity contribution in [2.75, 3.05) is 6.54 Å². The van der Waals surface area contributed by atoms with Crippen LogP contribution in [0.15, 0.2) is 76.4 Å². The van der Waals surface area contributed by atoms with Gasteiger partial charge in [-0.2, -0.15) is 0 Å². The zero-order valence-corrected chi connectivity index (χ0v) is 20.0. The predicted molar refractivity (Wildman–Crippen MR) is 131 cm³/mol. The highest BCUT2D eigenvalue weighted by atomic mass is 32.2. The predicted octanol–water partition coefficient (Wildman–Crippen LogP) is 2.22. The number of hydrogen-bond acceptors (Lipinski definition) is 5. The fourth-order valence-corrected chi connectivity index (χ4v) is 4.49. The number of aromatic nitrogens is 1. The highest BCUT2D eigenvalue weighted by Crippen LogP contribution is 2.10. The quantitative estimate of drug-likeness (QED) is 0.299. The van der Waals surface area contributed by atoms with Crippen molar-refractivity contribution < 1.29 is 23.1 Å². The smallest absolute Gasteiger partial charge is 0.326 e. The summed E-state index contributed by atoms with van der Waals surface area (Å²) >= 11 is 0. The van der Waals surface area contributed by atoms with Crippen LogP contribution in [0, 0.1) is 6.92 Å². The first-order chi connectivity index (χ1) is 16.7. The molecule has 3 aromatic rings. The third-order valence-electron chi connectivity index (χ3n) is 5.35. The Bertz CT molecular complexity index is 1340. The lowest BCUT2D eigenvalue weighted by Gasteiger charge is -2.15. The normalized spacial score (nSPS) is 12.1. The Hall–Kier alpha value is -3.76. The highest BCUT2D eigenvalue weighted by molar-refractivity contribution is 7.89. The molecule has 1 atom stereocenters. The van der Waals surface area contributed by atoms with Gasteiger partial charge in [0.05, 0.1) is 4.90 Å². The SMILES string of the molecule is Cc1ccc(S(=O)(=O)NCCC[C@H](NC(=O)c2ccc(Cc3ccccc3)[nH]c2=O)C(=O)O)cc1. The van der Waals surface area contributed by atoms with E-state index < -0.39 is 33.5 Å². The Morgan fingerprint density at radius 1 is 1.00 bits per heavy atom. The van der Waals surface area contributed by atoms with Crippen LogP contribution in [0.4, 0.5) is 0 Å². The molecule has 0 aliphatic carbocycles. The van der Waals surface area contributed by atoms with E-state index in [4.69, 9.17) is 0 Å². The molecule has 1 aromatic heterocycles. The van der Waals surface area contributed by atoms with Crippen molar-refractivity contribution >= 4 is 21.9 Å². The van der Waals surface area contributed by atoms with Crippen LogP contribution in [0.3, 0.4) is 0 Å². The van der Waals surface area contributed by atoms with E-state index in [9.17, 15) is 27.9 Å². The Kier molecular flexibility index (Phi) is 8.56. The zero-order chi connectivity index (χ0) is 25.4. The van der Waals surface area contributed by atoms with E-state index in [0.717, 1.165) is 11.1 Å². The zero-order valence-electron chi connectivity index (χ0n) is 19.2. The first-order valence-corrected chi connectivity index (χ1v) is 12.5. The number of pyridine rings is 1. The summed E-state index contributed by atoms with van der Waals surface area (Å²) in [6.45, 7) is 1.84. The molecule has 0 saturated carbocycles. The topological polar surface area (TPSA) is 145 Å². The van der Waals surface area contributed by atoms with Crippen molar-refractivity contribution in [3.05, 3.63) is 99.5 Å². The molecule has 0 spiro atoms. The summed E-state index contributed by atoms with van der Waals surface area (Å²) < 4.78 is 27.1. The third kappa shape index (κ3) is 7.36. The van der Waals surface area contributed by atoms with Gasteiger partial charge in [-0.1, -0.05) is 48.0 Å². The first kappa shape index (κ1) is 25.9. The van der Waals surface area contributed by atoms with Gasteiger partial charge in [0, 0.05) is 18.7 Å². The molecule has 0 bridgehead atoms. The van der Waals surface area contributed by atoms with Crippen molar-refractivity contribution in [3.63, 3.8) is 0 Å². The second-order valence-electron chi connectivity index (χ2n) is 8.11. The van der Waals surface area contributed by atoms with E-state index in [1.807, 2.05) is 37.3 Å². The maximum atomic E-state index is 12.5. The molecule has 0 unspecified atom stereocenters. The molecule has 1 heterocycles. The largest absolute Gasteiger partial charge is 0.480 e. The summed E-state index contributed by atoms with van der Waals surface area (Å²) in [6.07, 6.45) is 0.615. The molecule has 4 N–H and O–H groups in total. The number of aromatic amines is 1. The van der Waals surface area contributed by atoms with Gasteiger partial charge < -0.3 is 15.4 Å². The summed E-state index contributed by atoms with van der Waals surface area (Å²) in [6, 6.07) is 17.5. The maximum absolute atomic E-state index is 12.5. The lowest BCUT2D eigenvalue weighted by Crippen LogP contribution is -2.43. The van der Waals surface area contributed by atoms with Crippen molar-refractivity contribution in [2.24, 2.45) is 0 Å². The van der Waals surface area contributed by atoms with E-state index in [0.29, 0.717) is 12.1 Å². The lowest BCUT2D eigenvalue weighted by molar-refractivity contribution is -0.139. The average Bonchev–Trinajstić information content (AvgIpc) is 2.81. The van der Waals surface area contributed by atoms with Crippen LogP contribution in [0.1, 0.15) is 40.0 Å². The number of carbonyl (C=O) groups is 2. The minimum absolute atomic E-state index is 0.00930. The first-order valence-electron chi connectivity index (χ1n) is 11.0. The van der Waals surface area contributed by atoms with Crippen molar-refractivity contribution in [1.82, 2.24) is 15.0 Å². The standard InChI is InChI=1S/C25H27N3O6S/c1-17-9-12-20(13-10-17)35(33,34)26-15-5-8-22(25(31)32)28-24(30)21-14-11-19(27-23(21)29)16-18-6-3-2-4-7-18/h2-4,6-7,9-14,22,26H,5,8,15-16H2,1H3,(H,27,29)(H,28,30)(H,31,32)/t22-/m0/s1. The number of aryl methyl sites for hydroxylation is 1. The number of rotatable bonds is 11. The summed E-state index contributed by atoms with van der Waals surface area (Å²) in [7, 11) is -3.72. The van der Waals surface area contributed by atoms with Crippen LogP contribution in [0.2, 0.25) is 0 Å². The Morgan fingerprint density at radius 3 is 2.31 bits per heavy atom. The van der Waals surface area contributed by atoms with Gasteiger partial charge in [-0.25, -0.2) is 17.9 Å². The Balaban J connectivity index is 1.56. The number of hydrogen-bond donors (Lipinski definition) is 4. The molecule has 10 heteroatoms. The van der Waals surface area contributed by atoms with Crippen LogP contribution in [0.5, 0.6) is 0 Å². The van der Waals surface area contributed by atoms with Gasteiger partial charge in [0.2, 0.25) is 10.0 Å². The van der Waals surface area contributed by atoms with Crippen LogP contribution < -0.4 is 15.6 Å². The Morgan fingerprint density at radius 2 is 1.69 bits per heavy atom.